The largest absolute Gasteiger partial charge is 0.497 e. The summed E-state index contributed by atoms with van der Waals surface area (Å²) < 4.78 is 12.2. The summed E-state index contributed by atoms with van der Waals surface area (Å²) in [6.45, 7) is 4.07. The van der Waals surface area contributed by atoms with Crippen molar-refractivity contribution in [1.29, 1.82) is 0 Å². The monoisotopic (exact) mass is 386 g/mol. The summed E-state index contributed by atoms with van der Waals surface area (Å²) >= 11 is 1.49. The fourth-order valence-electron chi connectivity index (χ4n) is 2.72. The highest BCUT2D eigenvalue weighted by Gasteiger charge is 2.20. The second-order valence-electron chi connectivity index (χ2n) is 6.38. The van der Waals surface area contributed by atoms with E-state index in [2.05, 4.69) is 5.32 Å². The van der Waals surface area contributed by atoms with Crippen LogP contribution >= 0.6 is 11.3 Å². The van der Waals surface area contributed by atoms with Gasteiger partial charge in [-0.05, 0) is 49.1 Å². The Bertz CT molecular complexity index is 941. The standard InChI is InChI=1S/C20H22N2O4S/c1-13(2)26-20(24)17-10-15-8-9-27-19(15)22(17)12-18(23)21-11-14-4-6-16(25-3)7-5-14/h4-10,13H,11-12H2,1-3H3,(H,21,23). The van der Waals surface area contributed by atoms with Gasteiger partial charge in [-0.1, -0.05) is 12.1 Å². The molecule has 0 spiro atoms. The van der Waals surface area contributed by atoms with Crippen LogP contribution in [0.25, 0.3) is 10.2 Å². The van der Waals surface area contributed by atoms with E-state index in [1.54, 1.807) is 31.6 Å². The predicted molar refractivity (Wildman–Crippen MR) is 105 cm³/mol. The first-order valence-corrected chi connectivity index (χ1v) is 9.53. The van der Waals surface area contributed by atoms with Crippen LogP contribution in [0, 0.1) is 0 Å². The van der Waals surface area contributed by atoms with Crippen molar-refractivity contribution >= 4 is 33.4 Å². The third-order valence-electron chi connectivity index (χ3n) is 4.00. The number of ether oxygens (including phenoxy) is 2. The van der Waals surface area contributed by atoms with Gasteiger partial charge in [0.1, 0.15) is 22.8 Å². The van der Waals surface area contributed by atoms with Gasteiger partial charge in [-0.2, -0.15) is 0 Å². The Balaban J connectivity index is 1.71. The highest BCUT2D eigenvalue weighted by Crippen LogP contribution is 2.26. The summed E-state index contributed by atoms with van der Waals surface area (Å²) in [6, 6.07) is 11.2. The summed E-state index contributed by atoms with van der Waals surface area (Å²) in [7, 11) is 1.61. The van der Waals surface area contributed by atoms with Crippen molar-refractivity contribution in [2.24, 2.45) is 0 Å². The molecule has 7 heteroatoms. The molecule has 3 aromatic rings. The summed E-state index contributed by atoms with van der Waals surface area (Å²) in [6.07, 6.45) is -0.220. The summed E-state index contributed by atoms with van der Waals surface area (Å²) in [4.78, 5) is 25.7. The lowest BCUT2D eigenvalue weighted by Crippen LogP contribution is -2.28. The number of amides is 1. The zero-order valence-electron chi connectivity index (χ0n) is 15.5. The zero-order chi connectivity index (χ0) is 19.4. The number of fused-ring (bicyclic) bond motifs is 1. The van der Waals surface area contributed by atoms with E-state index < -0.39 is 5.97 Å². The van der Waals surface area contributed by atoms with Crippen molar-refractivity contribution in [3.8, 4) is 5.75 Å². The molecule has 0 saturated carbocycles. The van der Waals surface area contributed by atoms with E-state index in [0.717, 1.165) is 21.5 Å². The molecule has 27 heavy (non-hydrogen) atoms. The summed E-state index contributed by atoms with van der Waals surface area (Å²) in [5.41, 5.74) is 1.36. The van der Waals surface area contributed by atoms with Crippen LogP contribution in [-0.2, 0) is 22.6 Å². The molecule has 1 N–H and O–H groups in total. The van der Waals surface area contributed by atoms with Crippen LogP contribution in [0.15, 0.2) is 41.8 Å². The van der Waals surface area contributed by atoms with Gasteiger partial charge in [0.15, 0.2) is 0 Å². The second-order valence-corrected chi connectivity index (χ2v) is 7.27. The number of hydrogen-bond acceptors (Lipinski definition) is 5. The van der Waals surface area contributed by atoms with Crippen LogP contribution in [0.2, 0.25) is 0 Å². The van der Waals surface area contributed by atoms with E-state index in [4.69, 9.17) is 9.47 Å². The molecule has 0 atom stereocenters. The van der Waals surface area contributed by atoms with Crippen molar-refractivity contribution in [2.45, 2.75) is 33.0 Å². The number of hydrogen-bond donors (Lipinski definition) is 1. The topological polar surface area (TPSA) is 69.6 Å². The Morgan fingerprint density at radius 3 is 2.59 bits per heavy atom. The Hall–Kier alpha value is -2.80. The lowest BCUT2D eigenvalue weighted by Gasteiger charge is -2.12. The zero-order valence-corrected chi connectivity index (χ0v) is 16.3. The molecular weight excluding hydrogens is 364 g/mol. The molecule has 0 radical (unpaired) electrons. The van der Waals surface area contributed by atoms with E-state index in [9.17, 15) is 9.59 Å². The van der Waals surface area contributed by atoms with Gasteiger partial charge in [0.05, 0.1) is 13.2 Å². The lowest BCUT2D eigenvalue weighted by molar-refractivity contribution is -0.121. The van der Waals surface area contributed by atoms with Gasteiger partial charge in [0.25, 0.3) is 0 Å². The Kier molecular flexibility index (Phi) is 5.81. The molecule has 6 nitrogen and oxygen atoms in total. The van der Waals surface area contributed by atoms with Crippen molar-refractivity contribution in [3.63, 3.8) is 0 Å². The number of nitrogens with zero attached hydrogens (tertiary/aromatic N) is 1. The highest BCUT2D eigenvalue weighted by molar-refractivity contribution is 7.16. The van der Waals surface area contributed by atoms with Crippen molar-refractivity contribution in [2.75, 3.05) is 7.11 Å². The molecule has 3 rings (SSSR count). The van der Waals surface area contributed by atoms with Gasteiger partial charge >= 0.3 is 5.97 Å². The molecule has 142 valence electrons. The molecule has 0 aliphatic rings. The minimum absolute atomic E-state index is 0.0582. The molecule has 2 heterocycles. The molecule has 0 fully saturated rings. The van der Waals surface area contributed by atoms with Gasteiger partial charge in [0, 0.05) is 11.9 Å². The van der Waals surface area contributed by atoms with Crippen LogP contribution in [0.4, 0.5) is 0 Å². The number of rotatable bonds is 7. The summed E-state index contributed by atoms with van der Waals surface area (Å²) in [5.74, 6) is 0.178. The third kappa shape index (κ3) is 4.49. The van der Waals surface area contributed by atoms with E-state index in [0.29, 0.717) is 12.2 Å². The maximum absolute atomic E-state index is 12.5. The van der Waals surface area contributed by atoms with Gasteiger partial charge in [-0.15, -0.1) is 11.3 Å². The number of esters is 1. The molecule has 0 aliphatic heterocycles. The van der Waals surface area contributed by atoms with E-state index in [1.807, 2.05) is 35.7 Å². The van der Waals surface area contributed by atoms with Gasteiger partial charge in [-0.25, -0.2) is 4.79 Å². The maximum atomic E-state index is 12.5. The summed E-state index contributed by atoms with van der Waals surface area (Å²) in [5, 5.41) is 5.76. The van der Waals surface area contributed by atoms with Gasteiger partial charge in [0.2, 0.25) is 5.91 Å². The van der Waals surface area contributed by atoms with Crippen molar-refractivity contribution in [3.05, 3.63) is 53.0 Å². The average molecular weight is 386 g/mol. The molecule has 2 aromatic heterocycles. The minimum atomic E-state index is -0.420. The average Bonchev–Trinajstić information content (AvgIpc) is 3.22. The Labute approximate surface area is 161 Å². The lowest BCUT2D eigenvalue weighted by atomic mass is 10.2. The number of benzene rings is 1. The van der Waals surface area contributed by atoms with Crippen LogP contribution in [0.5, 0.6) is 5.75 Å². The van der Waals surface area contributed by atoms with E-state index >= 15 is 0 Å². The third-order valence-corrected chi connectivity index (χ3v) is 4.96. The van der Waals surface area contributed by atoms with Crippen LogP contribution < -0.4 is 10.1 Å². The van der Waals surface area contributed by atoms with Crippen LogP contribution in [0.3, 0.4) is 0 Å². The van der Waals surface area contributed by atoms with Crippen molar-refractivity contribution < 1.29 is 19.1 Å². The number of aromatic nitrogens is 1. The quantitative estimate of drug-likeness (QED) is 0.630. The highest BCUT2D eigenvalue weighted by atomic mass is 32.1. The first-order valence-electron chi connectivity index (χ1n) is 8.65. The fourth-order valence-corrected chi connectivity index (χ4v) is 3.62. The smallest absolute Gasteiger partial charge is 0.355 e. The molecule has 1 aromatic carbocycles. The number of methoxy groups -OCH3 is 1. The molecule has 0 aliphatic carbocycles. The maximum Gasteiger partial charge on any atom is 0.355 e. The van der Waals surface area contributed by atoms with Gasteiger partial charge in [-0.3, -0.25) is 4.79 Å². The molecule has 1 amide bonds. The Morgan fingerprint density at radius 2 is 1.93 bits per heavy atom. The first kappa shape index (κ1) is 19.0. The van der Waals surface area contributed by atoms with E-state index in [1.165, 1.54) is 11.3 Å². The molecule has 0 bridgehead atoms. The second kappa shape index (κ2) is 8.26. The van der Waals surface area contributed by atoms with E-state index in [-0.39, 0.29) is 18.6 Å². The molecule has 0 unspecified atom stereocenters. The van der Waals surface area contributed by atoms with Crippen molar-refractivity contribution in [1.82, 2.24) is 9.88 Å². The minimum Gasteiger partial charge on any atom is -0.497 e. The molecule has 0 saturated heterocycles. The molecular formula is C20H22N2O4S. The van der Waals surface area contributed by atoms with Crippen LogP contribution in [-0.4, -0.2) is 29.7 Å². The number of carbonyl (C=O) groups excluding carboxylic acids is 2. The number of nitrogens with one attached hydrogen (secondary N) is 1. The number of carbonyl (C=O) groups is 2. The SMILES string of the molecule is COc1ccc(CNC(=O)Cn2c(C(=O)OC(C)C)cc3ccsc32)cc1. The first-order chi connectivity index (χ1) is 13.0. The van der Waals surface area contributed by atoms with Gasteiger partial charge < -0.3 is 19.4 Å². The Morgan fingerprint density at radius 1 is 1.19 bits per heavy atom. The normalized spacial score (nSPS) is 11.0. The van der Waals surface area contributed by atoms with Crippen LogP contribution in [0.1, 0.15) is 29.9 Å². The predicted octanol–water partition coefficient (Wildman–Crippen LogP) is 3.59. The number of thiophene rings is 1. The fraction of sp³-hybridized carbons (Fsp3) is 0.300.